The number of hydrogen-bond acceptors (Lipinski definition) is 4. The molecule has 0 rings (SSSR count). The van der Waals surface area contributed by atoms with Crippen LogP contribution in [0.4, 0.5) is 0 Å². The lowest BCUT2D eigenvalue weighted by atomic mass is 10.3. The molecule has 0 fully saturated rings. The Hall–Kier alpha value is 0.280. The van der Waals surface area contributed by atoms with Gasteiger partial charge in [0.15, 0.2) is 11.1 Å². The van der Waals surface area contributed by atoms with Gasteiger partial charge in [0.05, 0.1) is 6.42 Å². The van der Waals surface area contributed by atoms with Crippen LogP contribution in [-0.2, 0) is 15.9 Å². The molecule has 0 radical (unpaired) electrons. The second-order valence-corrected chi connectivity index (χ2v) is 6.63. The topological polar surface area (TPSA) is 74.6 Å². The van der Waals surface area contributed by atoms with Crippen LogP contribution in [0.25, 0.3) is 0 Å². The number of aliphatic carboxylic acids is 1. The molecular formula is C8H16O4S3. The molecule has 0 aromatic heterocycles. The molecule has 15 heavy (non-hydrogen) atoms. The summed E-state index contributed by atoms with van der Waals surface area (Å²) in [5.74, 6) is 1.22. The van der Waals surface area contributed by atoms with E-state index in [0.29, 0.717) is 11.5 Å². The third kappa shape index (κ3) is 14.3. The van der Waals surface area contributed by atoms with Gasteiger partial charge in [-0.3, -0.25) is 4.79 Å². The van der Waals surface area contributed by atoms with Crippen LogP contribution in [-0.4, -0.2) is 37.1 Å². The lowest BCUT2D eigenvalue weighted by molar-refractivity contribution is -0.136. The Kier molecular flexibility index (Phi) is 11.0. The summed E-state index contributed by atoms with van der Waals surface area (Å²) in [6.45, 7) is 0. The molecular weight excluding hydrogens is 256 g/mol. The van der Waals surface area contributed by atoms with Crippen molar-refractivity contribution >= 4 is 38.6 Å². The largest absolute Gasteiger partial charge is 0.481 e. The summed E-state index contributed by atoms with van der Waals surface area (Å²) in [4.78, 5) is 10.2. The summed E-state index contributed by atoms with van der Waals surface area (Å²) < 4.78 is 18.8. The minimum atomic E-state index is -1.66. The smallest absolute Gasteiger partial charge is 0.304 e. The molecule has 90 valence electrons. The standard InChI is InChI=1S/C8H16O4S3/c9-8(10)4-6-14-13-5-2-1-3-7-15(11)12/h1-7H2,(H,9,10)(H,11,12). The molecule has 0 aliphatic carbocycles. The van der Waals surface area contributed by atoms with Crippen molar-refractivity contribution in [3.05, 3.63) is 0 Å². The number of carboxylic acid groups (broad SMARTS) is 1. The van der Waals surface area contributed by atoms with Gasteiger partial charge in [-0.25, -0.2) is 4.21 Å². The summed E-state index contributed by atoms with van der Waals surface area (Å²) in [6.07, 6.45) is 2.96. The average Bonchev–Trinajstić information content (AvgIpc) is 2.14. The molecule has 0 aliphatic heterocycles. The minimum absolute atomic E-state index is 0.209. The first-order chi connectivity index (χ1) is 7.13. The quantitative estimate of drug-likeness (QED) is 0.361. The monoisotopic (exact) mass is 272 g/mol. The number of rotatable bonds is 10. The maximum atomic E-state index is 10.3. The van der Waals surface area contributed by atoms with Crippen LogP contribution in [0.15, 0.2) is 0 Å². The molecule has 4 nitrogen and oxygen atoms in total. The van der Waals surface area contributed by atoms with E-state index in [2.05, 4.69) is 0 Å². The summed E-state index contributed by atoms with van der Waals surface area (Å²) in [6, 6.07) is 0. The predicted molar refractivity (Wildman–Crippen MR) is 66.7 cm³/mol. The van der Waals surface area contributed by atoms with Crippen molar-refractivity contribution in [3.63, 3.8) is 0 Å². The van der Waals surface area contributed by atoms with E-state index >= 15 is 0 Å². The molecule has 2 N–H and O–H groups in total. The fraction of sp³-hybridized carbons (Fsp3) is 0.875. The van der Waals surface area contributed by atoms with Gasteiger partial charge in [0.1, 0.15) is 0 Å². The van der Waals surface area contributed by atoms with E-state index in [1.807, 2.05) is 0 Å². The van der Waals surface area contributed by atoms with Crippen LogP contribution in [0, 0.1) is 0 Å². The predicted octanol–water partition coefficient (Wildman–Crippen LogP) is 2.23. The van der Waals surface area contributed by atoms with Crippen LogP contribution in [0.1, 0.15) is 25.7 Å². The number of carboxylic acids is 1. The van der Waals surface area contributed by atoms with Crippen LogP contribution >= 0.6 is 21.6 Å². The molecule has 1 atom stereocenters. The second kappa shape index (κ2) is 10.8. The normalized spacial score (nSPS) is 12.6. The summed E-state index contributed by atoms with van der Waals surface area (Å²) in [5.41, 5.74) is 0. The molecule has 0 aromatic carbocycles. The number of unbranched alkanes of at least 4 members (excludes halogenated alkanes) is 2. The highest BCUT2D eigenvalue weighted by atomic mass is 33.1. The lowest BCUT2D eigenvalue weighted by Gasteiger charge is -1.99. The fourth-order valence-electron chi connectivity index (χ4n) is 0.810. The molecule has 0 heterocycles. The average molecular weight is 272 g/mol. The van der Waals surface area contributed by atoms with Crippen molar-refractivity contribution in [2.45, 2.75) is 25.7 Å². The van der Waals surface area contributed by atoms with Crippen molar-refractivity contribution in [3.8, 4) is 0 Å². The highest BCUT2D eigenvalue weighted by Gasteiger charge is 1.98. The van der Waals surface area contributed by atoms with Crippen LogP contribution in [0.3, 0.4) is 0 Å². The van der Waals surface area contributed by atoms with Gasteiger partial charge in [-0.15, -0.1) is 0 Å². The zero-order valence-corrected chi connectivity index (χ0v) is 10.8. The molecule has 0 aromatic rings. The Bertz CT molecular complexity index is 178. The van der Waals surface area contributed by atoms with E-state index in [-0.39, 0.29) is 6.42 Å². The van der Waals surface area contributed by atoms with Crippen molar-refractivity contribution in [2.24, 2.45) is 0 Å². The van der Waals surface area contributed by atoms with Crippen molar-refractivity contribution in [1.29, 1.82) is 0 Å². The van der Waals surface area contributed by atoms with Crippen molar-refractivity contribution in [1.82, 2.24) is 0 Å². The molecule has 7 heteroatoms. The Morgan fingerprint density at radius 3 is 2.40 bits per heavy atom. The fourth-order valence-corrected chi connectivity index (χ4v) is 3.39. The molecule has 1 unspecified atom stereocenters. The summed E-state index contributed by atoms with van der Waals surface area (Å²) >= 11 is -1.66. The lowest BCUT2D eigenvalue weighted by Crippen LogP contribution is -1.95. The van der Waals surface area contributed by atoms with Gasteiger partial charge in [-0.05, 0) is 12.8 Å². The van der Waals surface area contributed by atoms with Crippen LogP contribution < -0.4 is 0 Å². The van der Waals surface area contributed by atoms with Crippen LogP contribution in [0.5, 0.6) is 0 Å². The van der Waals surface area contributed by atoms with Crippen molar-refractivity contribution in [2.75, 3.05) is 17.3 Å². The van der Waals surface area contributed by atoms with E-state index in [4.69, 9.17) is 9.66 Å². The van der Waals surface area contributed by atoms with Gasteiger partial charge in [0.25, 0.3) is 0 Å². The van der Waals surface area contributed by atoms with Gasteiger partial charge >= 0.3 is 5.97 Å². The minimum Gasteiger partial charge on any atom is -0.481 e. The van der Waals surface area contributed by atoms with Gasteiger partial charge < -0.3 is 9.66 Å². The highest BCUT2D eigenvalue weighted by Crippen LogP contribution is 2.23. The third-order valence-corrected chi connectivity index (χ3v) is 4.66. The van der Waals surface area contributed by atoms with Gasteiger partial charge in [-0.2, -0.15) is 0 Å². The van der Waals surface area contributed by atoms with Gasteiger partial charge in [0, 0.05) is 17.3 Å². The molecule has 0 saturated heterocycles. The zero-order valence-electron chi connectivity index (χ0n) is 8.39. The van der Waals surface area contributed by atoms with E-state index in [1.54, 1.807) is 21.6 Å². The Labute approximate surface area is 100 Å². The maximum Gasteiger partial charge on any atom is 0.304 e. The summed E-state index contributed by atoms with van der Waals surface area (Å²) in [5, 5.41) is 8.36. The third-order valence-electron chi connectivity index (χ3n) is 1.53. The van der Waals surface area contributed by atoms with Gasteiger partial charge in [-0.1, -0.05) is 28.0 Å². The molecule has 0 spiro atoms. The molecule has 0 bridgehead atoms. The summed E-state index contributed by atoms with van der Waals surface area (Å²) in [7, 11) is 3.24. The molecule has 0 saturated carbocycles. The first kappa shape index (κ1) is 15.3. The van der Waals surface area contributed by atoms with Crippen molar-refractivity contribution < 1.29 is 18.7 Å². The molecule has 0 aliphatic rings. The first-order valence-electron chi connectivity index (χ1n) is 4.66. The Balaban J connectivity index is 2.99. The van der Waals surface area contributed by atoms with E-state index in [1.165, 1.54) is 0 Å². The number of carbonyl (C=O) groups is 1. The number of hydrogen-bond donors (Lipinski definition) is 2. The highest BCUT2D eigenvalue weighted by molar-refractivity contribution is 8.76. The van der Waals surface area contributed by atoms with Crippen LogP contribution in [0.2, 0.25) is 0 Å². The maximum absolute atomic E-state index is 10.3. The SMILES string of the molecule is O=C(O)CCSSCCCCCS(=O)O. The van der Waals surface area contributed by atoms with E-state index in [9.17, 15) is 9.00 Å². The Morgan fingerprint density at radius 1 is 1.13 bits per heavy atom. The van der Waals surface area contributed by atoms with E-state index in [0.717, 1.165) is 25.0 Å². The van der Waals surface area contributed by atoms with E-state index < -0.39 is 17.0 Å². The first-order valence-corrected chi connectivity index (χ1v) is 8.43. The Morgan fingerprint density at radius 2 is 1.80 bits per heavy atom. The zero-order chi connectivity index (χ0) is 11.5. The molecule has 0 amide bonds. The second-order valence-electron chi connectivity index (χ2n) is 2.87. The van der Waals surface area contributed by atoms with Gasteiger partial charge in [0.2, 0.25) is 0 Å².